The molecule has 0 bridgehead atoms. The fraction of sp³-hybridized carbons (Fsp3) is 0.577. The zero-order valence-electron chi connectivity index (χ0n) is 21.9. The highest BCUT2D eigenvalue weighted by Gasteiger charge is 2.50. The van der Waals surface area contributed by atoms with Crippen LogP contribution in [0, 0.1) is 6.92 Å². The number of hydrogen-bond acceptors (Lipinski definition) is 8. The Labute approximate surface area is 209 Å². The molecule has 1 saturated carbocycles. The van der Waals surface area contributed by atoms with Gasteiger partial charge in [-0.05, 0) is 55.5 Å². The molecule has 2 aromatic heterocycles. The number of aromatic nitrogens is 3. The van der Waals surface area contributed by atoms with Crippen LogP contribution in [-0.2, 0) is 10.2 Å². The number of pyridine rings is 1. The van der Waals surface area contributed by atoms with Gasteiger partial charge in [-0.25, -0.2) is 13.8 Å². The number of ether oxygens (including phenoxy) is 1. The second kappa shape index (κ2) is 9.23. The summed E-state index contributed by atoms with van der Waals surface area (Å²) in [5, 5.41) is 25.3. The van der Waals surface area contributed by atoms with E-state index in [2.05, 4.69) is 53.7 Å². The minimum atomic E-state index is -2.78. The Kier molecular flexibility index (Phi) is 6.72. The van der Waals surface area contributed by atoms with Crippen LogP contribution in [0.4, 0.5) is 20.5 Å². The van der Waals surface area contributed by atoms with Crippen molar-refractivity contribution in [2.45, 2.75) is 83.5 Å². The number of rotatable bonds is 8. The van der Waals surface area contributed by atoms with E-state index in [4.69, 9.17) is 14.1 Å². The molecule has 4 rings (SSSR count). The standard InChI is InChI=1S/C26H35F2N5O3/c1-14-8-19(21-32-33-23(36-21)30-16-11-26(34,12-16)22(27)28)31-20-17(14)9-15(10-18(20)24(2,3)4)29-13-25(5,6)35-7/h8-10,16,22,29,34H,11-13H2,1-7H3,(H,30,33)/t16-,26+. The summed E-state index contributed by atoms with van der Waals surface area (Å²) in [6.07, 6.45) is -2.94. The third-order valence-electron chi connectivity index (χ3n) is 6.78. The van der Waals surface area contributed by atoms with Gasteiger partial charge in [0.05, 0.1) is 11.1 Å². The van der Waals surface area contributed by atoms with E-state index in [1.54, 1.807) is 7.11 Å². The van der Waals surface area contributed by atoms with Crippen molar-refractivity contribution in [2.75, 3.05) is 24.3 Å². The molecule has 3 N–H and O–H groups in total. The average Bonchev–Trinajstić information content (AvgIpc) is 3.24. The second-order valence-corrected chi connectivity index (χ2v) is 11.4. The zero-order valence-corrected chi connectivity index (χ0v) is 21.9. The molecule has 36 heavy (non-hydrogen) atoms. The van der Waals surface area contributed by atoms with Crippen LogP contribution in [0.5, 0.6) is 0 Å². The molecule has 3 aromatic rings. The van der Waals surface area contributed by atoms with Gasteiger partial charge in [-0.2, -0.15) is 0 Å². The summed E-state index contributed by atoms with van der Waals surface area (Å²) >= 11 is 0. The van der Waals surface area contributed by atoms with Gasteiger partial charge in [0, 0.05) is 43.6 Å². The van der Waals surface area contributed by atoms with E-state index in [0.29, 0.717) is 12.2 Å². The summed E-state index contributed by atoms with van der Waals surface area (Å²) in [5.74, 6) is 0.231. The Balaban J connectivity index is 1.63. The molecule has 0 spiro atoms. The van der Waals surface area contributed by atoms with Gasteiger partial charge in [0.25, 0.3) is 12.3 Å². The Bertz CT molecular complexity index is 1250. The van der Waals surface area contributed by atoms with Gasteiger partial charge in [0.2, 0.25) is 0 Å². The molecule has 8 nitrogen and oxygen atoms in total. The molecule has 0 atom stereocenters. The highest BCUT2D eigenvalue weighted by atomic mass is 19.3. The van der Waals surface area contributed by atoms with Crippen molar-refractivity contribution in [1.29, 1.82) is 0 Å². The average molecular weight is 504 g/mol. The summed E-state index contributed by atoms with van der Waals surface area (Å²) < 4.78 is 37.0. The highest BCUT2D eigenvalue weighted by Crippen LogP contribution is 2.39. The maximum atomic E-state index is 12.9. The molecule has 1 aliphatic carbocycles. The highest BCUT2D eigenvalue weighted by molar-refractivity contribution is 5.90. The molecule has 10 heteroatoms. The molecular weight excluding hydrogens is 468 g/mol. The van der Waals surface area contributed by atoms with E-state index in [-0.39, 0.29) is 41.8 Å². The SMILES string of the molecule is COC(C)(C)CNc1cc(C(C)(C)C)c2nc(-c3nnc(N[C@H]4C[C@](O)(C(F)F)C4)o3)cc(C)c2c1. The Morgan fingerprint density at radius 1 is 1.17 bits per heavy atom. The lowest BCUT2D eigenvalue weighted by Gasteiger charge is -2.42. The topological polar surface area (TPSA) is 105 Å². The fourth-order valence-corrected chi connectivity index (χ4v) is 4.30. The number of hydrogen-bond donors (Lipinski definition) is 3. The van der Waals surface area contributed by atoms with Crippen LogP contribution in [0.2, 0.25) is 0 Å². The summed E-state index contributed by atoms with van der Waals surface area (Å²) in [7, 11) is 1.70. The lowest BCUT2D eigenvalue weighted by Crippen LogP contribution is -2.55. The van der Waals surface area contributed by atoms with Crippen LogP contribution >= 0.6 is 0 Å². The van der Waals surface area contributed by atoms with Gasteiger partial charge < -0.3 is 24.9 Å². The number of anilines is 2. The van der Waals surface area contributed by atoms with Gasteiger partial charge in [-0.1, -0.05) is 25.9 Å². The Hall–Kier alpha value is -2.85. The zero-order chi connectivity index (χ0) is 26.5. The Morgan fingerprint density at radius 3 is 2.47 bits per heavy atom. The number of benzene rings is 1. The van der Waals surface area contributed by atoms with Gasteiger partial charge in [0.1, 0.15) is 11.3 Å². The molecule has 1 fully saturated rings. The van der Waals surface area contributed by atoms with Crippen molar-refractivity contribution in [3.05, 3.63) is 29.3 Å². The van der Waals surface area contributed by atoms with E-state index >= 15 is 0 Å². The normalized spacial score (nSPS) is 20.6. The minimum absolute atomic E-state index is 0.0808. The van der Waals surface area contributed by atoms with Crippen molar-refractivity contribution in [1.82, 2.24) is 15.2 Å². The van der Waals surface area contributed by atoms with Gasteiger partial charge in [-0.3, -0.25) is 0 Å². The fourth-order valence-electron chi connectivity index (χ4n) is 4.30. The van der Waals surface area contributed by atoms with E-state index in [9.17, 15) is 13.9 Å². The summed E-state index contributed by atoms with van der Waals surface area (Å²) in [6, 6.07) is 5.86. The number of alkyl halides is 2. The van der Waals surface area contributed by atoms with E-state index in [1.807, 2.05) is 26.8 Å². The van der Waals surface area contributed by atoms with Crippen molar-refractivity contribution >= 4 is 22.6 Å². The summed E-state index contributed by atoms with van der Waals surface area (Å²) in [6.45, 7) is 13.1. The lowest BCUT2D eigenvalue weighted by atomic mass is 9.76. The minimum Gasteiger partial charge on any atom is -0.402 e. The second-order valence-electron chi connectivity index (χ2n) is 11.4. The van der Waals surface area contributed by atoms with Gasteiger partial charge in [0.15, 0.2) is 0 Å². The smallest absolute Gasteiger partial charge is 0.316 e. The lowest BCUT2D eigenvalue weighted by molar-refractivity contribution is -0.148. The van der Waals surface area contributed by atoms with Crippen molar-refractivity contribution in [3.63, 3.8) is 0 Å². The number of nitrogens with zero attached hydrogens (tertiary/aromatic N) is 3. The number of halogens is 2. The number of aryl methyl sites for hydroxylation is 1. The monoisotopic (exact) mass is 503 g/mol. The number of aliphatic hydroxyl groups is 1. The molecule has 0 radical (unpaired) electrons. The maximum absolute atomic E-state index is 12.9. The molecule has 0 unspecified atom stereocenters. The first kappa shape index (κ1) is 26.2. The largest absolute Gasteiger partial charge is 0.402 e. The Morgan fingerprint density at radius 2 is 1.86 bits per heavy atom. The van der Waals surface area contributed by atoms with Crippen molar-refractivity contribution < 1.29 is 23.0 Å². The van der Waals surface area contributed by atoms with Crippen LogP contribution < -0.4 is 10.6 Å². The van der Waals surface area contributed by atoms with Crippen LogP contribution in [-0.4, -0.2) is 57.6 Å². The quantitative estimate of drug-likeness (QED) is 0.380. The first-order valence-corrected chi connectivity index (χ1v) is 12.1. The number of methoxy groups -OCH3 is 1. The van der Waals surface area contributed by atoms with Crippen LogP contribution in [0.1, 0.15) is 58.6 Å². The van der Waals surface area contributed by atoms with Crippen LogP contribution in [0.15, 0.2) is 22.6 Å². The first-order valence-electron chi connectivity index (χ1n) is 12.1. The molecule has 196 valence electrons. The number of fused-ring (bicyclic) bond motifs is 1. The maximum Gasteiger partial charge on any atom is 0.316 e. The molecular formula is C26H35F2N5O3. The molecule has 2 heterocycles. The van der Waals surface area contributed by atoms with E-state index in [1.165, 1.54) is 0 Å². The molecule has 0 amide bonds. The van der Waals surface area contributed by atoms with E-state index < -0.39 is 12.0 Å². The predicted octanol–water partition coefficient (Wildman–Crippen LogP) is 5.30. The first-order chi connectivity index (χ1) is 16.7. The summed E-state index contributed by atoms with van der Waals surface area (Å²) in [4.78, 5) is 4.90. The third kappa shape index (κ3) is 5.29. The van der Waals surface area contributed by atoms with E-state index in [0.717, 1.165) is 27.7 Å². The molecule has 0 aliphatic heterocycles. The molecule has 0 saturated heterocycles. The number of nitrogens with one attached hydrogen (secondary N) is 2. The van der Waals surface area contributed by atoms with Crippen LogP contribution in [0.25, 0.3) is 22.5 Å². The third-order valence-corrected chi connectivity index (χ3v) is 6.78. The molecule has 1 aromatic carbocycles. The van der Waals surface area contributed by atoms with Gasteiger partial charge >= 0.3 is 6.01 Å². The van der Waals surface area contributed by atoms with Crippen molar-refractivity contribution in [2.24, 2.45) is 0 Å². The van der Waals surface area contributed by atoms with Crippen molar-refractivity contribution in [3.8, 4) is 11.6 Å². The predicted molar refractivity (Wildman–Crippen MR) is 136 cm³/mol. The van der Waals surface area contributed by atoms with Crippen LogP contribution in [0.3, 0.4) is 0 Å². The molecule has 1 aliphatic rings. The summed E-state index contributed by atoms with van der Waals surface area (Å²) in [5.41, 5.74) is 2.00. The van der Waals surface area contributed by atoms with Gasteiger partial charge in [-0.15, -0.1) is 5.10 Å².